The summed E-state index contributed by atoms with van der Waals surface area (Å²) in [7, 11) is 3.05. The summed E-state index contributed by atoms with van der Waals surface area (Å²) in [6, 6.07) is 16.6. The van der Waals surface area contributed by atoms with E-state index in [1.54, 1.807) is 7.11 Å². The number of amides is 1. The van der Waals surface area contributed by atoms with Gasteiger partial charge in [0, 0.05) is 13.0 Å². The van der Waals surface area contributed by atoms with E-state index in [0.717, 1.165) is 22.4 Å². The van der Waals surface area contributed by atoms with Crippen LogP contribution in [0.3, 0.4) is 0 Å². The minimum atomic E-state index is -0.642. The number of hydrogen-bond donors (Lipinski definition) is 1. The third-order valence-electron chi connectivity index (χ3n) is 4.99. The van der Waals surface area contributed by atoms with Crippen molar-refractivity contribution in [2.45, 2.75) is 18.0 Å². The standard InChI is InChI=1S/C21H22N2O4/c1-26-13-20(25)23-18(11-22)21(19(23)12-24)17-9-4-3-8-16(17)14-6-5-7-15(10-14)27-2/h3-10,18-19,21,24H,12-13H2,1-2H3/t18-,19-,21+/m0/s1. The Bertz CT molecular complexity index is 861. The largest absolute Gasteiger partial charge is 0.497 e. The lowest BCUT2D eigenvalue weighted by Gasteiger charge is -2.52. The number of rotatable bonds is 6. The van der Waals surface area contributed by atoms with Crippen LogP contribution in [0.5, 0.6) is 5.75 Å². The molecule has 0 radical (unpaired) electrons. The highest BCUT2D eigenvalue weighted by Gasteiger charge is 2.52. The summed E-state index contributed by atoms with van der Waals surface area (Å²) in [4.78, 5) is 13.7. The van der Waals surface area contributed by atoms with Crippen molar-refractivity contribution in [3.05, 3.63) is 54.1 Å². The fourth-order valence-corrected chi connectivity index (χ4v) is 3.76. The molecule has 1 aliphatic rings. The number of methoxy groups -OCH3 is 2. The SMILES string of the molecule is COCC(=O)N1[C@@H](C#N)[C@@H](c2ccccc2-c2cccc(OC)c2)[C@@H]1CO. The van der Waals surface area contributed by atoms with E-state index in [0.29, 0.717) is 0 Å². The van der Waals surface area contributed by atoms with Gasteiger partial charge in [0.15, 0.2) is 0 Å². The van der Waals surface area contributed by atoms with Gasteiger partial charge in [-0.1, -0.05) is 36.4 Å². The summed E-state index contributed by atoms with van der Waals surface area (Å²) in [6.07, 6.45) is 0. The molecule has 1 fully saturated rings. The van der Waals surface area contributed by atoms with Gasteiger partial charge in [0.1, 0.15) is 18.4 Å². The summed E-state index contributed by atoms with van der Waals surface area (Å²) in [5, 5.41) is 19.6. The molecule has 0 unspecified atom stereocenters. The molecule has 0 spiro atoms. The number of aliphatic hydroxyl groups is 1. The summed E-state index contributed by atoms with van der Waals surface area (Å²) in [6.45, 7) is -0.330. The van der Waals surface area contributed by atoms with Crippen LogP contribution in [0, 0.1) is 11.3 Å². The maximum atomic E-state index is 12.3. The molecule has 0 aliphatic carbocycles. The molecule has 27 heavy (non-hydrogen) atoms. The lowest BCUT2D eigenvalue weighted by molar-refractivity contribution is -0.150. The van der Waals surface area contributed by atoms with E-state index in [1.807, 2.05) is 48.5 Å². The minimum Gasteiger partial charge on any atom is -0.497 e. The first kappa shape index (κ1) is 18.9. The molecule has 1 heterocycles. The van der Waals surface area contributed by atoms with Crippen molar-refractivity contribution >= 4 is 5.91 Å². The molecule has 3 rings (SSSR count). The van der Waals surface area contributed by atoms with E-state index in [4.69, 9.17) is 9.47 Å². The van der Waals surface area contributed by atoms with Crippen LogP contribution in [0.4, 0.5) is 0 Å². The highest BCUT2D eigenvalue weighted by molar-refractivity contribution is 5.81. The summed E-state index contributed by atoms with van der Waals surface area (Å²) < 4.78 is 10.2. The molecule has 1 saturated heterocycles. The second-order valence-corrected chi connectivity index (χ2v) is 6.40. The molecule has 3 atom stereocenters. The molecule has 2 aromatic rings. The third-order valence-corrected chi connectivity index (χ3v) is 4.99. The second kappa shape index (κ2) is 8.21. The predicted octanol–water partition coefficient (Wildman–Crippen LogP) is 2.19. The maximum absolute atomic E-state index is 12.3. The molecule has 2 aromatic carbocycles. The number of nitrogens with zero attached hydrogens (tertiary/aromatic N) is 2. The predicted molar refractivity (Wildman–Crippen MR) is 100 cm³/mol. The summed E-state index contributed by atoms with van der Waals surface area (Å²) in [5.74, 6) is 0.171. The molecule has 1 N–H and O–H groups in total. The molecule has 0 aromatic heterocycles. The van der Waals surface area contributed by atoms with Crippen LogP contribution in [-0.4, -0.2) is 55.4 Å². The van der Waals surface area contributed by atoms with Gasteiger partial charge in [-0.2, -0.15) is 5.26 Å². The monoisotopic (exact) mass is 366 g/mol. The van der Waals surface area contributed by atoms with Gasteiger partial charge in [0.05, 0.1) is 25.8 Å². The Hall–Kier alpha value is -2.88. The van der Waals surface area contributed by atoms with E-state index in [9.17, 15) is 15.2 Å². The number of carbonyl (C=O) groups excluding carboxylic acids is 1. The Kier molecular flexibility index (Phi) is 5.75. The van der Waals surface area contributed by atoms with Crippen molar-refractivity contribution in [3.8, 4) is 22.9 Å². The van der Waals surface area contributed by atoms with Gasteiger partial charge in [0.2, 0.25) is 5.91 Å². The van der Waals surface area contributed by atoms with Crippen LogP contribution >= 0.6 is 0 Å². The maximum Gasteiger partial charge on any atom is 0.249 e. The lowest BCUT2D eigenvalue weighted by atomic mass is 9.73. The Balaban J connectivity index is 2.01. The first-order valence-corrected chi connectivity index (χ1v) is 8.70. The zero-order chi connectivity index (χ0) is 19.4. The van der Waals surface area contributed by atoms with Crippen molar-refractivity contribution in [2.75, 3.05) is 27.4 Å². The minimum absolute atomic E-state index is 0.112. The summed E-state index contributed by atoms with van der Waals surface area (Å²) in [5.41, 5.74) is 2.84. The van der Waals surface area contributed by atoms with E-state index in [2.05, 4.69) is 6.07 Å². The number of benzene rings is 2. The molecule has 1 aliphatic heterocycles. The Labute approximate surface area is 158 Å². The highest BCUT2D eigenvalue weighted by Crippen LogP contribution is 2.44. The zero-order valence-electron chi connectivity index (χ0n) is 15.3. The molecule has 6 heteroatoms. The van der Waals surface area contributed by atoms with Gasteiger partial charge < -0.3 is 19.5 Å². The van der Waals surface area contributed by atoms with Gasteiger partial charge in [-0.25, -0.2) is 0 Å². The smallest absolute Gasteiger partial charge is 0.249 e. The van der Waals surface area contributed by atoms with Crippen molar-refractivity contribution in [2.24, 2.45) is 0 Å². The van der Waals surface area contributed by atoms with Crippen molar-refractivity contribution < 1.29 is 19.4 Å². The van der Waals surface area contributed by atoms with Crippen LogP contribution in [-0.2, 0) is 9.53 Å². The molecule has 140 valence electrons. The van der Waals surface area contributed by atoms with E-state index in [-0.39, 0.29) is 25.0 Å². The van der Waals surface area contributed by atoms with E-state index >= 15 is 0 Å². The average Bonchev–Trinajstić information content (AvgIpc) is 2.68. The number of nitriles is 1. The second-order valence-electron chi connectivity index (χ2n) is 6.40. The number of ether oxygens (including phenoxy) is 2. The number of carbonyl (C=O) groups is 1. The number of aliphatic hydroxyl groups excluding tert-OH is 1. The normalized spacial score (nSPS) is 21.3. The molecule has 0 bridgehead atoms. The first-order chi connectivity index (χ1) is 13.2. The van der Waals surface area contributed by atoms with Gasteiger partial charge in [-0.05, 0) is 28.8 Å². The van der Waals surface area contributed by atoms with Crippen LogP contribution in [0.2, 0.25) is 0 Å². The highest BCUT2D eigenvalue weighted by atomic mass is 16.5. The van der Waals surface area contributed by atoms with Crippen molar-refractivity contribution in [1.29, 1.82) is 5.26 Å². The van der Waals surface area contributed by atoms with Crippen LogP contribution in [0.25, 0.3) is 11.1 Å². The Morgan fingerprint density at radius 1 is 1.22 bits per heavy atom. The van der Waals surface area contributed by atoms with Crippen molar-refractivity contribution in [1.82, 2.24) is 4.90 Å². The fraction of sp³-hybridized carbons (Fsp3) is 0.333. The molecule has 0 saturated carbocycles. The van der Waals surface area contributed by atoms with Crippen LogP contribution in [0.1, 0.15) is 11.5 Å². The molecular weight excluding hydrogens is 344 g/mol. The summed E-state index contributed by atoms with van der Waals surface area (Å²) >= 11 is 0. The van der Waals surface area contributed by atoms with Crippen LogP contribution in [0.15, 0.2) is 48.5 Å². The fourth-order valence-electron chi connectivity index (χ4n) is 3.76. The molecule has 6 nitrogen and oxygen atoms in total. The zero-order valence-corrected chi connectivity index (χ0v) is 15.3. The van der Waals surface area contributed by atoms with Gasteiger partial charge in [0.25, 0.3) is 0 Å². The van der Waals surface area contributed by atoms with E-state index < -0.39 is 12.1 Å². The van der Waals surface area contributed by atoms with Gasteiger partial charge in [-0.15, -0.1) is 0 Å². The first-order valence-electron chi connectivity index (χ1n) is 8.70. The number of likely N-dealkylation sites (tertiary alicyclic amines) is 1. The van der Waals surface area contributed by atoms with Crippen molar-refractivity contribution in [3.63, 3.8) is 0 Å². The average molecular weight is 366 g/mol. The third kappa shape index (κ3) is 3.39. The molecule has 1 amide bonds. The topological polar surface area (TPSA) is 82.8 Å². The lowest BCUT2D eigenvalue weighted by Crippen LogP contribution is -2.66. The quantitative estimate of drug-likeness (QED) is 0.847. The Morgan fingerprint density at radius 2 is 2.00 bits per heavy atom. The molecular formula is C21H22N2O4. The van der Waals surface area contributed by atoms with E-state index in [1.165, 1.54) is 12.0 Å². The van der Waals surface area contributed by atoms with Gasteiger partial charge >= 0.3 is 0 Å². The van der Waals surface area contributed by atoms with Gasteiger partial charge in [-0.3, -0.25) is 4.79 Å². The Morgan fingerprint density at radius 3 is 2.67 bits per heavy atom. The van der Waals surface area contributed by atoms with Crippen LogP contribution < -0.4 is 4.74 Å². The number of hydrogen-bond acceptors (Lipinski definition) is 5.